The third-order valence-electron chi connectivity index (χ3n) is 3.12. The van der Waals surface area contributed by atoms with Crippen LogP contribution in [0, 0.1) is 0 Å². The Morgan fingerprint density at radius 1 is 0.857 bits per heavy atom. The summed E-state index contributed by atoms with van der Waals surface area (Å²) in [5, 5.41) is 0. The zero-order valence-electron chi connectivity index (χ0n) is 10.6. The second-order valence-corrected chi connectivity index (χ2v) is 5.37. The summed E-state index contributed by atoms with van der Waals surface area (Å²) in [6.45, 7) is 0. The minimum absolute atomic E-state index is 0.189. The van der Waals surface area contributed by atoms with Gasteiger partial charge in [-0.1, -0.05) is 36.0 Å². The quantitative estimate of drug-likeness (QED) is 0.639. The summed E-state index contributed by atoms with van der Waals surface area (Å²) >= 11 is 0.315. The van der Waals surface area contributed by atoms with Gasteiger partial charge in [0.05, 0.1) is 16.8 Å². The molecule has 1 aliphatic rings. The molecule has 0 saturated carbocycles. The van der Waals surface area contributed by atoms with Crippen molar-refractivity contribution in [1.82, 2.24) is 0 Å². The molecule has 0 bridgehead atoms. The van der Waals surface area contributed by atoms with Crippen molar-refractivity contribution in [3.63, 3.8) is 0 Å². The lowest BCUT2D eigenvalue weighted by Gasteiger charge is -2.17. The number of benzene rings is 2. The highest BCUT2D eigenvalue weighted by Gasteiger charge is 2.37. The number of rotatable bonds is 3. The Balaban J connectivity index is 2.07. The SMILES string of the molecule is O=C1c2ccccc2C(=O)N1c1ccccc1SC(F)F. The first-order chi connectivity index (χ1) is 10.1. The van der Waals surface area contributed by atoms with Crippen molar-refractivity contribution in [3.8, 4) is 0 Å². The van der Waals surface area contributed by atoms with Gasteiger partial charge in [-0.05, 0) is 24.3 Å². The highest BCUT2D eigenvalue weighted by Crippen LogP contribution is 2.37. The van der Waals surface area contributed by atoms with E-state index in [1.54, 1.807) is 36.4 Å². The van der Waals surface area contributed by atoms with Crippen molar-refractivity contribution >= 4 is 29.3 Å². The van der Waals surface area contributed by atoms with E-state index < -0.39 is 17.6 Å². The number of alkyl halides is 2. The number of carbonyl (C=O) groups is 2. The van der Waals surface area contributed by atoms with E-state index in [1.807, 2.05) is 0 Å². The third-order valence-corrected chi connectivity index (χ3v) is 3.89. The Kier molecular flexibility index (Phi) is 3.47. The maximum Gasteiger partial charge on any atom is 0.288 e. The number of halogens is 2. The van der Waals surface area contributed by atoms with Crippen LogP contribution in [0.2, 0.25) is 0 Å². The number of hydrogen-bond donors (Lipinski definition) is 0. The monoisotopic (exact) mass is 305 g/mol. The minimum atomic E-state index is -2.62. The summed E-state index contributed by atoms with van der Waals surface area (Å²) in [7, 11) is 0. The van der Waals surface area contributed by atoms with Gasteiger partial charge in [-0.2, -0.15) is 8.78 Å². The van der Waals surface area contributed by atoms with Crippen LogP contribution in [0.1, 0.15) is 20.7 Å². The van der Waals surface area contributed by atoms with Crippen LogP contribution in [0.25, 0.3) is 0 Å². The molecule has 2 aromatic carbocycles. The summed E-state index contributed by atoms with van der Waals surface area (Å²) in [4.78, 5) is 25.9. The van der Waals surface area contributed by atoms with E-state index in [0.29, 0.717) is 22.9 Å². The van der Waals surface area contributed by atoms with Gasteiger partial charge in [-0.25, -0.2) is 4.90 Å². The van der Waals surface area contributed by atoms with Gasteiger partial charge in [0, 0.05) is 4.90 Å². The minimum Gasteiger partial charge on any atom is -0.268 e. The molecule has 0 spiro atoms. The van der Waals surface area contributed by atoms with E-state index in [4.69, 9.17) is 0 Å². The molecule has 1 aliphatic heterocycles. The molecule has 0 N–H and O–H groups in total. The summed E-state index contributed by atoms with van der Waals surface area (Å²) < 4.78 is 25.2. The normalized spacial score (nSPS) is 14.0. The number of amides is 2. The molecule has 106 valence electrons. The highest BCUT2D eigenvalue weighted by molar-refractivity contribution is 7.99. The number of imide groups is 1. The Hall–Kier alpha value is -2.21. The number of carbonyl (C=O) groups excluding carboxylic acids is 2. The second kappa shape index (κ2) is 5.29. The van der Waals surface area contributed by atoms with Crippen molar-refractivity contribution in [1.29, 1.82) is 0 Å². The van der Waals surface area contributed by atoms with Gasteiger partial charge >= 0.3 is 0 Å². The maximum atomic E-state index is 12.6. The molecule has 0 aromatic heterocycles. The number of hydrogen-bond acceptors (Lipinski definition) is 3. The van der Waals surface area contributed by atoms with Gasteiger partial charge in [0.1, 0.15) is 0 Å². The molecule has 0 radical (unpaired) electrons. The molecule has 2 aromatic rings. The Morgan fingerprint density at radius 2 is 1.38 bits per heavy atom. The fraction of sp³-hybridized carbons (Fsp3) is 0.0667. The van der Waals surface area contributed by atoms with Crippen molar-refractivity contribution in [2.75, 3.05) is 4.90 Å². The molecule has 3 nitrogen and oxygen atoms in total. The molecule has 21 heavy (non-hydrogen) atoms. The summed E-state index contributed by atoms with van der Waals surface area (Å²) in [5.41, 5.74) is 0.771. The molecule has 0 aliphatic carbocycles. The second-order valence-electron chi connectivity index (χ2n) is 4.34. The van der Waals surface area contributed by atoms with Gasteiger partial charge in [0.2, 0.25) is 0 Å². The average Bonchev–Trinajstić information content (AvgIpc) is 2.72. The van der Waals surface area contributed by atoms with Crippen LogP contribution < -0.4 is 4.90 Å². The van der Waals surface area contributed by atoms with Gasteiger partial charge < -0.3 is 0 Å². The molecule has 0 saturated heterocycles. The van der Waals surface area contributed by atoms with Crippen molar-refractivity contribution < 1.29 is 18.4 Å². The lowest BCUT2D eigenvalue weighted by molar-refractivity contribution is 0.0925. The number of anilines is 1. The summed E-state index contributed by atoms with van der Waals surface area (Å²) in [6, 6.07) is 12.6. The van der Waals surface area contributed by atoms with E-state index in [9.17, 15) is 18.4 Å². The maximum absolute atomic E-state index is 12.6. The number of para-hydroxylation sites is 1. The first kappa shape index (κ1) is 13.8. The predicted octanol–water partition coefficient (Wildman–Crippen LogP) is 3.80. The first-order valence-corrected chi connectivity index (χ1v) is 6.99. The third kappa shape index (κ3) is 2.31. The zero-order chi connectivity index (χ0) is 15.0. The van der Waals surface area contributed by atoms with Crippen LogP contribution in [0.3, 0.4) is 0 Å². The van der Waals surface area contributed by atoms with Crippen molar-refractivity contribution in [2.24, 2.45) is 0 Å². The fourth-order valence-electron chi connectivity index (χ4n) is 2.25. The summed E-state index contributed by atoms with van der Waals surface area (Å²) in [6.07, 6.45) is 0. The Morgan fingerprint density at radius 3 is 1.95 bits per heavy atom. The van der Waals surface area contributed by atoms with Crippen LogP contribution in [0.4, 0.5) is 14.5 Å². The first-order valence-electron chi connectivity index (χ1n) is 6.11. The molecular weight excluding hydrogens is 296 g/mol. The van der Waals surface area contributed by atoms with E-state index in [1.165, 1.54) is 12.1 Å². The zero-order valence-corrected chi connectivity index (χ0v) is 11.4. The average molecular weight is 305 g/mol. The number of fused-ring (bicyclic) bond motifs is 1. The molecule has 6 heteroatoms. The van der Waals surface area contributed by atoms with Crippen LogP contribution in [0.15, 0.2) is 53.4 Å². The molecular formula is C15H9F2NO2S. The number of nitrogens with zero attached hydrogens (tertiary/aromatic N) is 1. The predicted molar refractivity (Wildman–Crippen MR) is 75.9 cm³/mol. The fourth-order valence-corrected chi connectivity index (χ4v) is 2.87. The van der Waals surface area contributed by atoms with E-state index in [-0.39, 0.29) is 10.6 Å². The van der Waals surface area contributed by atoms with Crippen LogP contribution in [-0.4, -0.2) is 17.6 Å². The van der Waals surface area contributed by atoms with E-state index >= 15 is 0 Å². The van der Waals surface area contributed by atoms with E-state index in [2.05, 4.69) is 0 Å². The van der Waals surface area contributed by atoms with Gasteiger partial charge in [0.25, 0.3) is 17.6 Å². The summed E-state index contributed by atoms with van der Waals surface area (Å²) in [5.74, 6) is -3.60. The topological polar surface area (TPSA) is 37.4 Å². The highest BCUT2D eigenvalue weighted by atomic mass is 32.2. The molecule has 0 fully saturated rings. The van der Waals surface area contributed by atoms with E-state index in [0.717, 1.165) is 4.90 Å². The smallest absolute Gasteiger partial charge is 0.268 e. The van der Waals surface area contributed by atoms with Gasteiger partial charge in [-0.15, -0.1) is 0 Å². The Bertz CT molecular complexity index is 698. The Labute approximate surface area is 123 Å². The lowest BCUT2D eigenvalue weighted by atomic mass is 10.1. The van der Waals surface area contributed by atoms with Crippen LogP contribution in [-0.2, 0) is 0 Å². The van der Waals surface area contributed by atoms with Crippen LogP contribution >= 0.6 is 11.8 Å². The molecule has 0 unspecified atom stereocenters. The van der Waals surface area contributed by atoms with Gasteiger partial charge in [0.15, 0.2) is 0 Å². The van der Waals surface area contributed by atoms with Crippen molar-refractivity contribution in [2.45, 2.75) is 10.7 Å². The standard InChI is InChI=1S/C15H9F2NO2S/c16-15(17)21-12-8-4-3-7-11(12)18-13(19)9-5-1-2-6-10(9)14(18)20/h1-8,15H. The number of thioether (sulfide) groups is 1. The van der Waals surface area contributed by atoms with Gasteiger partial charge in [-0.3, -0.25) is 9.59 Å². The van der Waals surface area contributed by atoms with Crippen molar-refractivity contribution in [3.05, 3.63) is 59.7 Å². The molecule has 2 amide bonds. The molecule has 3 rings (SSSR count). The van der Waals surface area contributed by atoms with Crippen LogP contribution in [0.5, 0.6) is 0 Å². The molecule has 1 heterocycles. The largest absolute Gasteiger partial charge is 0.288 e. The molecule has 0 atom stereocenters. The lowest BCUT2D eigenvalue weighted by Crippen LogP contribution is -2.29.